The van der Waals surface area contributed by atoms with E-state index in [1.807, 2.05) is 0 Å². The first-order valence-corrected chi connectivity index (χ1v) is 4.94. The van der Waals surface area contributed by atoms with E-state index >= 15 is 0 Å². The van der Waals surface area contributed by atoms with Crippen molar-refractivity contribution in [1.29, 1.82) is 0 Å². The molecule has 6 heteroatoms. The Morgan fingerprint density at radius 2 is 2.25 bits per heavy atom. The molecule has 16 heavy (non-hydrogen) atoms. The summed E-state index contributed by atoms with van der Waals surface area (Å²) >= 11 is 0. The van der Waals surface area contributed by atoms with E-state index in [2.05, 4.69) is 10.3 Å². The molecule has 0 saturated heterocycles. The zero-order valence-electron chi connectivity index (χ0n) is 8.22. The van der Waals surface area contributed by atoms with Gasteiger partial charge in [0.15, 0.2) is 0 Å². The Balaban J connectivity index is 2.23. The van der Waals surface area contributed by atoms with E-state index in [9.17, 15) is 9.18 Å². The molecule has 0 atom stereocenters. The standard InChI is InChI=1S/C10H8FN3O2/c11-7-4-9-8(3-6(7)10(15)16)12-13-14(9)5-1-2-5/h3-5H,1-2H2,(H,15,16). The summed E-state index contributed by atoms with van der Waals surface area (Å²) in [5.41, 5.74) is 0.617. The molecule has 1 fully saturated rings. The van der Waals surface area contributed by atoms with Gasteiger partial charge in [-0.2, -0.15) is 0 Å². The van der Waals surface area contributed by atoms with Gasteiger partial charge in [-0.1, -0.05) is 5.21 Å². The number of carboxylic acid groups (broad SMARTS) is 1. The fraction of sp³-hybridized carbons (Fsp3) is 0.300. The Morgan fingerprint density at radius 1 is 1.50 bits per heavy atom. The first kappa shape index (κ1) is 9.26. The molecule has 5 nitrogen and oxygen atoms in total. The van der Waals surface area contributed by atoms with Crippen molar-refractivity contribution in [3.05, 3.63) is 23.5 Å². The SMILES string of the molecule is O=C(O)c1cc2nnn(C3CC3)c2cc1F. The Bertz CT molecular complexity index is 589. The molecule has 1 aliphatic rings. The van der Waals surface area contributed by atoms with Gasteiger partial charge in [-0.3, -0.25) is 0 Å². The van der Waals surface area contributed by atoms with Gasteiger partial charge >= 0.3 is 5.97 Å². The van der Waals surface area contributed by atoms with E-state index in [0.29, 0.717) is 17.1 Å². The lowest BCUT2D eigenvalue weighted by Crippen LogP contribution is -2.01. The number of nitrogens with zero attached hydrogens (tertiary/aromatic N) is 3. The van der Waals surface area contributed by atoms with Crippen LogP contribution < -0.4 is 0 Å². The maximum atomic E-state index is 13.5. The van der Waals surface area contributed by atoms with Crippen molar-refractivity contribution in [3.8, 4) is 0 Å². The molecule has 3 rings (SSSR count). The second-order valence-electron chi connectivity index (χ2n) is 3.89. The maximum absolute atomic E-state index is 13.5. The van der Waals surface area contributed by atoms with Crippen molar-refractivity contribution in [2.45, 2.75) is 18.9 Å². The third kappa shape index (κ3) is 1.26. The Labute approximate surface area is 89.5 Å². The summed E-state index contributed by atoms with van der Waals surface area (Å²) in [6.07, 6.45) is 2.03. The highest BCUT2D eigenvalue weighted by molar-refractivity contribution is 5.92. The number of aromatic nitrogens is 3. The molecule has 0 amide bonds. The van der Waals surface area contributed by atoms with E-state index < -0.39 is 11.8 Å². The van der Waals surface area contributed by atoms with E-state index in [-0.39, 0.29) is 5.56 Å². The summed E-state index contributed by atoms with van der Waals surface area (Å²) in [6.45, 7) is 0. The largest absolute Gasteiger partial charge is 0.478 e. The van der Waals surface area contributed by atoms with Crippen LogP contribution in [-0.4, -0.2) is 26.1 Å². The molecule has 2 aromatic rings. The normalized spacial score (nSPS) is 15.6. The molecule has 1 aromatic carbocycles. The van der Waals surface area contributed by atoms with Gasteiger partial charge < -0.3 is 5.11 Å². The predicted octanol–water partition coefficient (Wildman–Crippen LogP) is 1.60. The molecule has 0 aliphatic heterocycles. The van der Waals surface area contributed by atoms with Crippen LogP contribution in [0.15, 0.2) is 12.1 Å². The second-order valence-corrected chi connectivity index (χ2v) is 3.89. The van der Waals surface area contributed by atoms with Crippen LogP contribution in [-0.2, 0) is 0 Å². The first-order valence-electron chi connectivity index (χ1n) is 4.94. The molecule has 0 radical (unpaired) electrons. The van der Waals surface area contributed by atoms with Gasteiger partial charge in [-0.25, -0.2) is 13.9 Å². The molecule has 1 N–H and O–H groups in total. The van der Waals surface area contributed by atoms with Gasteiger partial charge in [0.2, 0.25) is 0 Å². The second kappa shape index (κ2) is 3.01. The molecule has 1 heterocycles. The fourth-order valence-electron chi connectivity index (χ4n) is 1.71. The van der Waals surface area contributed by atoms with Crippen LogP contribution in [0.25, 0.3) is 11.0 Å². The average molecular weight is 221 g/mol. The van der Waals surface area contributed by atoms with Crippen LogP contribution in [0.5, 0.6) is 0 Å². The van der Waals surface area contributed by atoms with Crippen molar-refractivity contribution in [1.82, 2.24) is 15.0 Å². The summed E-state index contributed by atoms with van der Waals surface area (Å²) in [7, 11) is 0. The molecular formula is C10H8FN3O2. The van der Waals surface area contributed by atoms with Gasteiger partial charge in [-0.05, 0) is 18.9 Å². The van der Waals surface area contributed by atoms with Gasteiger partial charge in [0.1, 0.15) is 11.3 Å². The number of benzene rings is 1. The Hall–Kier alpha value is -1.98. The number of carbonyl (C=O) groups is 1. The van der Waals surface area contributed by atoms with Crippen molar-refractivity contribution >= 4 is 17.0 Å². The molecule has 1 aromatic heterocycles. The van der Waals surface area contributed by atoms with Crippen LogP contribution in [0.2, 0.25) is 0 Å². The molecule has 82 valence electrons. The van der Waals surface area contributed by atoms with Crippen molar-refractivity contribution < 1.29 is 14.3 Å². The Kier molecular flexibility index (Phi) is 1.74. The summed E-state index contributed by atoms with van der Waals surface area (Å²) in [4.78, 5) is 10.7. The zero-order chi connectivity index (χ0) is 11.3. The van der Waals surface area contributed by atoms with Crippen LogP contribution >= 0.6 is 0 Å². The van der Waals surface area contributed by atoms with Gasteiger partial charge in [-0.15, -0.1) is 5.10 Å². The third-order valence-corrected chi connectivity index (χ3v) is 2.68. The number of carboxylic acids is 1. The van der Waals surface area contributed by atoms with Crippen LogP contribution in [0.3, 0.4) is 0 Å². The van der Waals surface area contributed by atoms with Crippen LogP contribution in [0, 0.1) is 5.82 Å². The van der Waals surface area contributed by atoms with Gasteiger partial charge in [0.05, 0.1) is 17.1 Å². The van der Waals surface area contributed by atoms with E-state index in [4.69, 9.17) is 5.11 Å². The van der Waals surface area contributed by atoms with Gasteiger partial charge in [0.25, 0.3) is 0 Å². The van der Waals surface area contributed by atoms with Gasteiger partial charge in [0, 0.05) is 6.07 Å². The van der Waals surface area contributed by atoms with Crippen molar-refractivity contribution in [3.63, 3.8) is 0 Å². The van der Waals surface area contributed by atoms with Crippen LogP contribution in [0.4, 0.5) is 4.39 Å². The van der Waals surface area contributed by atoms with E-state index in [1.54, 1.807) is 4.68 Å². The topological polar surface area (TPSA) is 68.0 Å². The Morgan fingerprint density at radius 3 is 2.88 bits per heavy atom. The molecule has 0 spiro atoms. The minimum absolute atomic E-state index is 0.292. The monoisotopic (exact) mass is 221 g/mol. The smallest absolute Gasteiger partial charge is 0.338 e. The summed E-state index contributed by atoms with van der Waals surface area (Å²) in [5.74, 6) is -2.04. The molecule has 0 unspecified atom stereocenters. The fourth-order valence-corrected chi connectivity index (χ4v) is 1.71. The minimum Gasteiger partial charge on any atom is -0.478 e. The molecular weight excluding hydrogens is 213 g/mol. The summed E-state index contributed by atoms with van der Waals surface area (Å²) in [5, 5.41) is 16.5. The third-order valence-electron chi connectivity index (χ3n) is 2.68. The lowest BCUT2D eigenvalue weighted by molar-refractivity contribution is 0.0692. The highest BCUT2D eigenvalue weighted by Crippen LogP contribution is 2.36. The van der Waals surface area contributed by atoms with Crippen LogP contribution in [0.1, 0.15) is 29.2 Å². The number of fused-ring (bicyclic) bond motifs is 1. The quantitative estimate of drug-likeness (QED) is 0.836. The molecule has 1 saturated carbocycles. The van der Waals surface area contributed by atoms with Crippen molar-refractivity contribution in [2.75, 3.05) is 0 Å². The van der Waals surface area contributed by atoms with E-state index in [0.717, 1.165) is 12.8 Å². The number of halogens is 1. The number of hydrogen-bond acceptors (Lipinski definition) is 3. The minimum atomic E-state index is -1.29. The summed E-state index contributed by atoms with van der Waals surface area (Å²) in [6, 6.07) is 2.70. The first-order chi connectivity index (χ1) is 7.66. The highest BCUT2D eigenvalue weighted by atomic mass is 19.1. The summed E-state index contributed by atoms with van der Waals surface area (Å²) < 4.78 is 15.1. The zero-order valence-corrected chi connectivity index (χ0v) is 8.22. The lowest BCUT2D eigenvalue weighted by atomic mass is 10.2. The average Bonchev–Trinajstić information content (AvgIpc) is 2.99. The number of aromatic carboxylic acids is 1. The molecule has 1 aliphatic carbocycles. The maximum Gasteiger partial charge on any atom is 0.338 e. The van der Waals surface area contributed by atoms with E-state index in [1.165, 1.54) is 12.1 Å². The number of hydrogen-bond donors (Lipinski definition) is 1. The lowest BCUT2D eigenvalue weighted by Gasteiger charge is -2.00. The van der Waals surface area contributed by atoms with Crippen molar-refractivity contribution in [2.24, 2.45) is 0 Å². The molecule has 0 bridgehead atoms. The predicted molar refractivity (Wildman–Crippen MR) is 52.7 cm³/mol. The highest BCUT2D eigenvalue weighted by Gasteiger charge is 2.27. The number of rotatable bonds is 2.